The second-order valence-corrected chi connectivity index (χ2v) is 5.73. The highest BCUT2D eigenvalue weighted by Gasteiger charge is 2.35. The van der Waals surface area contributed by atoms with Gasteiger partial charge in [-0.1, -0.05) is 6.92 Å². The van der Waals surface area contributed by atoms with Crippen molar-refractivity contribution >= 4 is 6.03 Å². The van der Waals surface area contributed by atoms with Crippen molar-refractivity contribution in [1.29, 1.82) is 0 Å². The minimum absolute atomic E-state index is 0.0112. The number of rotatable bonds is 7. The molecule has 0 aromatic rings. The van der Waals surface area contributed by atoms with Gasteiger partial charge in [0.25, 0.3) is 0 Å². The molecule has 9 heteroatoms. The van der Waals surface area contributed by atoms with Gasteiger partial charge in [-0.25, -0.2) is 4.79 Å². The molecule has 0 radical (unpaired) electrons. The number of likely N-dealkylation sites (tertiary alicyclic amines) is 1. The van der Waals surface area contributed by atoms with E-state index in [1.165, 1.54) is 7.05 Å². The summed E-state index contributed by atoms with van der Waals surface area (Å²) >= 11 is 0. The van der Waals surface area contributed by atoms with Gasteiger partial charge in [0.15, 0.2) is 0 Å². The summed E-state index contributed by atoms with van der Waals surface area (Å²) in [5.74, 6) is 0.226. The zero-order valence-corrected chi connectivity index (χ0v) is 12.9. The van der Waals surface area contributed by atoms with Gasteiger partial charge in [0.05, 0.1) is 6.61 Å². The van der Waals surface area contributed by atoms with Crippen molar-refractivity contribution < 1.29 is 22.7 Å². The molecule has 3 atom stereocenters. The van der Waals surface area contributed by atoms with Gasteiger partial charge < -0.3 is 21.1 Å². The summed E-state index contributed by atoms with van der Waals surface area (Å²) in [4.78, 5) is 13.4. The maximum atomic E-state index is 12.2. The second-order valence-electron chi connectivity index (χ2n) is 5.73. The highest BCUT2D eigenvalue weighted by molar-refractivity contribution is 5.73. The molecule has 1 aliphatic heterocycles. The van der Waals surface area contributed by atoms with Crippen LogP contribution in [0, 0.1) is 5.92 Å². The monoisotopic (exact) mass is 326 g/mol. The van der Waals surface area contributed by atoms with E-state index >= 15 is 0 Å². The van der Waals surface area contributed by atoms with Crippen LogP contribution in [0.15, 0.2) is 0 Å². The Morgan fingerprint density at radius 1 is 1.50 bits per heavy atom. The number of hydrogen-bond donors (Lipinski definition) is 3. The summed E-state index contributed by atoms with van der Waals surface area (Å²) in [7, 11) is 1.52. The van der Waals surface area contributed by atoms with Crippen LogP contribution in [0.3, 0.4) is 0 Å². The SMILES string of the molecule is CNC(=O)N[C@@H]1C[C@H](COCC(F)(F)F)N(C[C@@H](C)CN)C1. The van der Waals surface area contributed by atoms with Crippen molar-refractivity contribution in [3.63, 3.8) is 0 Å². The molecule has 0 bridgehead atoms. The van der Waals surface area contributed by atoms with Crippen LogP contribution in [0.1, 0.15) is 13.3 Å². The molecule has 1 aliphatic rings. The number of nitrogens with two attached hydrogens (primary N) is 1. The fourth-order valence-electron chi connectivity index (χ4n) is 2.53. The second kappa shape index (κ2) is 8.54. The Labute approximate surface area is 128 Å². The molecule has 1 heterocycles. The summed E-state index contributed by atoms with van der Waals surface area (Å²) < 4.78 is 41.3. The van der Waals surface area contributed by atoms with E-state index in [9.17, 15) is 18.0 Å². The third-order valence-corrected chi connectivity index (χ3v) is 3.61. The van der Waals surface area contributed by atoms with Crippen LogP contribution in [0.5, 0.6) is 0 Å². The first-order valence-corrected chi connectivity index (χ1v) is 7.32. The minimum Gasteiger partial charge on any atom is -0.370 e. The van der Waals surface area contributed by atoms with Crippen LogP contribution in [-0.4, -0.2) is 69.1 Å². The molecule has 1 fully saturated rings. The number of amides is 2. The zero-order valence-electron chi connectivity index (χ0n) is 12.9. The number of hydrogen-bond acceptors (Lipinski definition) is 4. The Balaban J connectivity index is 2.54. The molecule has 0 unspecified atom stereocenters. The summed E-state index contributed by atoms with van der Waals surface area (Å²) in [6.45, 7) is 2.47. The van der Waals surface area contributed by atoms with Crippen LogP contribution < -0.4 is 16.4 Å². The Bertz CT molecular complexity index is 355. The summed E-state index contributed by atoms with van der Waals surface area (Å²) in [6.07, 6.45) is -3.77. The van der Waals surface area contributed by atoms with Crippen molar-refractivity contribution in [2.75, 3.05) is 39.9 Å². The normalized spacial score (nSPS) is 24.3. The number of carbonyl (C=O) groups excluding carboxylic acids is 1. The number of ether oxygens (including phenoxy) is 1. The summed E-state index contributed by atoms with van der Waals surface area (Å²) in [5.41, 5.74) is 5.60. The van der Waals surface area contributed by atoms with Gasteiger partial charge in [-0.2, -0.15) is 13.2 Å². The third kappa shape index (κ3) is 6.80. The Kier molecular flexibility index (Phi) is 7.37. The Hall–Kier alpha value is -1.06. The van der Waals surface area contributed by atoms with E-state index in [1.807, 2.05) is 11.8 Å². The highest BCUT2D eigenvalue weighted by atomic mass is 19.4. The lowest BCUT2D eigenvalue weighted by Gasteiger charge is -2.26. The lowest BCUT2D eigenvalue weighted by Crippen LogP contribution is -2.42. The molecule has 0 spiro atoms. The van der Waals surface area contributed by atoms with Crippen LogP contribution >= 0.6 is 0 Å². The maximum absolute atomic E-state index is 12.2. The number of nitrogens with zero attached hydrogens (tertiary/aromatic N) is 1. The molecule has 0 saturated carbocycles. The quantitative estimate of drug-likeness (QED) is 0.638. The number of urea groups is 1. The van der Waals surface area contributed by atoms with Crippen LogP contribution in [0.4, 0.5) is 18.0 Å². The van der Waals surface area contributed by atoms with Crippen molar-refractivity contribution in [3.05, 3.63) is 0 Å². The summed E-state index contributed by atoms with van der Waals surface area (Å²) in [5, 5.41) is 5.25. The zero-order chi connectivity index (χ0) is 16.8. The van der Waals surface area contributed by atoms with Gasteiger partial charge >= 0.3 is 12.2 Å². The third-order valence-electron chi connectivity index (χ3n) is 3.61. The number of nitrogens with one attached hydrogen (secondary N) is 2. The fraction of sp³-hybridized carbons (Fsp3) is 0.923. The first-order chi connectivity index (χ1) is 10.2. The topological polar surface area (TPSA) is 79.6 Å². The van der Waals surface area contributed by atoms with Crippen molar-refractivity contribution in [2.24, 2.45) is 11.7 Å². The molecule has 1 rings (SSSR count). The van der Waals surface area contributed by atoms with E-state index in [-0.39, 0.29) is 30.6 Å². The average molecular weight is 326 g/mol. The van der Waals surface area contributed by atoms with E-state index in [4.69, 9.17) is 10.5 Å². The van der Waals surface area contributed by atoms with E-state index in [2.05, 4.69) is 10.6 Å². The molecule has 0 aliphatic carbocycles. The van der Waals surface area contributed by atoms with Crippen molar-refractivity contribution in [2.45, 2.75) is 31.6 Å². The van der Waals surface area contributed by atoms with Gasteiger partial charge in [-0.05, 0) is 18.9 Å². The minimum atomic E-state index is -4.33. The number of halogens is 3. The predicted octanol–water partition coefficient (Wildman–Crippen LogP) is 0.532. The first-order valence-electron chi connectivity index (χ1n) is 7.32. The van der Waals surface area contributed by atoms with Gasteiger partial charge in [0, 0.05) is 32.2 Å². The molecule has 0 aromatic heterocycles. The van der Waals surface area contributed by atoms with E-state index < -0.39 is 12.8 Å². The van der Waals surface area contributed by atoms with Gasteiger partial charge in [-0.3, -0.25) is 4.90 Å². The lowest BCUT2D eigenvalue weighted by atomic mass is 10.1. The molecule has 4 N–H and O–H groups in total. The van der Waals surface area contributed by atoms with Crippen molar-refractivity contribution in [1.82, 2.24) is 15.5 Å². The molecule has 22 heavy (non-hydrogen) atoms. The maximum Gasteiger partial charge on any atom is 0.411 e. The highest BCUT2D eigenvalue weighted by Crippen LogP contribution is 2.21. The van der Waals surface area contributed by atoms with Crippen LogP contribution in [0.25, 0.3) is 0 Å². The summed E-state index contributed by atoms with van der Waals surface area (Å²) in [6, 6.07) is -0.559. The van der Waals surface area contributed by atoms with Crippen LogP contribution in [0.2, 0.25) is 0 Å². The van der Waals surface area contributed by atoms with E-state index in [1.54, 1.807) is 0 Å². The van der Waals surface area contributed by atoms with Gasteiger partial charge in [-0.15, -0.1) is 0 Å². The Morgan fingerprint density at radius 2 is 2.18 bits per heavy atom. The molecule has 2 amide bonds. The molecular formula is C13H25F3N4O2. The molecular weight excluding hydrogens is 301 g/mol. The van der Waals surface area contributed by atoms with Gasteiger partial charge in [0.2, 0.25) is 0 Å². The van der Waals surface area contributed by atoms with Crippen LogP contribution in [-0.2, 0) is 4.74 Å². The average Bonchev–Trinajstić information content (AvgIpc) is 2.78. The van der Waals surface area contributed by atoms with E-state index in [0.717, 1.165) is 0 Å². The van der Waals surface area contributed by atoms with Gasteiger partial charge in [0.1, 0.15) is 6.61 Å². The molecule has 6 nitrogen and oxygen atoms in total. The largest absolute Gasteiger partial charge is 0.411 e. The molecule has 1 saturated heterocycles. The first kappa shape index (κ1) is 19.0. The predicted molar refractivity (Wildman–Crippen MR) is 76.4 cm³/mol. The molecule has 130 valence electrons. The molecule has 0 aromatic carbocycles. The van der Waals surface area contributed by atoms with E-state index in [0.29, 0.717) is 26.1 Å². The standard InChI is InChI=1S/C13H25F3N4O2/c1-9(4-17)5-20-6-10(19-12(21)18-2)3-11(20)7-22-8-13(14,15)16/h9-11H,3-8,17H2,1-2H3,(H2,18,19,21)/t9-,10+,11+/m0/s1. The lowest BCUT2D eigenvalue weighted by molar-refractivity contribution is -0.176. The number of carbonyl (C=O) groups is 1. The fourth-order valence-corrected chi connectivity index (χ4v) is 2.53. The Morgan fingerprint density at radius 3 is 2.73 bits per heavy atom. The van der Waals surface area contributed by atoms with Crippen molar-refractivity contribution in [3.8, 4) is 0 Å². The smallest absolute Gasteiger partial charge is 0.370 e. The number of alkyl halides is 3.